The molecule has 114 valence electrons. The number of hydrogen-bond donors (Lipinski definition) is 1. The Labute approximate surface area is 122 Å². The maximum atomic E-state index is 11.8. The lowest BCUT2D eigenvalue weighted by molar-refractivity contribution is -0.131. The quantitative estimate of drug-likeness (QED) is 0.794. The number of nitrogens with zero attached hydrogens (tertiary/aromatic N) is 3. The zero-order valence-corrected chi connectivity index (χ0v) is 12.0. The number of ether oxygens (including phenoxy) is 2. The van der Waals surface area contributed by atoms with Crippen LogP contribution in [0.5, 0.6) is 11.8 Å². The SMILES string of the molecule is COc1ccc(O[C@@H]2CCN(C(=O)CNC(C)=O)C2)nn1. The molecule has 8 nitrogen and oxygen atoms in total. The third kappa shape index (κ3) is 4.30. The van der Waals surface area contributed by atoms with E-state index in [0.717, 1.165) is 6.42 Å². The lowest BCUT2D eigenvalue weighted by Gasteiger charge is -2.16. The monoisotopic (exact) mass is 294 g/mol. The Balaban J connectivity index is 1.81. The van der Waals surface area contributed by atoms with Gasteiger partial charge >= 0.3 is 0 Å². The van der Waals surface area contributed by atoms with E-state index in [4.69, 9.17) is 9.47 Å². The molecule has 1 saturated heterocycles. The van der Waals surface area contributed by atoms with E-state index in [-0.39, 0.29) is 24.5 Å². The average molecular weight is 294 g/mol. The standard InChI is InChI=1S/C13H18N4O4/c1-9(18)14-7-13(19)17-6-5-10(8-17)21-12-4-3-11(20-2)15-16-12/h3-4,10H,5-8H2,1-2H3,(H,14,18)/t10-/m1/s1. The summed E-state index contributed by atoms with van der Waals surface area (Å²) >= 11 is 0. The normalized spacial score (nSPS) is 17.4. The van der Waals surface area contributed by atoms with Crippen LogP contribution >= 0.6 is 0 Å². The Hall–Kier alpha value is -2.38. The number of aromatic nitrogens is 2. The molecule has 1 aromatic heterocycles. The van der Waals surface area contributed by atoms with Crippen molar-refractivity contribution in [1.29, 1.82) is 0 Å². The van der Waals surface area contributed by atoms with E-state index < -0.39 is 0 Å². The van der Waals surface area contributed by atoms with E-state index in [9.17, 15) is 9.59 Å². The molecule has 0 radical (unpaired) electrons. The van der Waals surface area contributed by atoms with Gasteiger partial charge in [0, 0.05) is 32.0 Å². The molecular weight excluding hydrogens is 276 g/mol. The van der Waals surface area contributed by atoms with Crippen molar-refractivity contribution in [2.75, 3.05) is 26.7 Å². The van der Waals surface area contributed by atoms with Gasteiger partial charge in [0.1, 0.15) is 6.10 Å². The highest BCUT2D eigenvalue weighted by Crippen LogP contribution is 2.17. The number of carbonyl (C=O) groups is 2. The minimum Gasteiger partial charge on any atom is -0.480 e. The Morgan fingerprint density at radius 3 is 2.71 bits per heavy atom. The van der Waals surface area contributed by atoms with Crippen LogP contribution in [-0.2, 0) is 9.59 Å². The van der Waals surface area contributed by atoms with Crippen molar-refractivity contribution in [3.8, 4) is 11.8 Å². The number of hydrogen-bond acceptors (Lipinski definition) is 6. The second-order valence-corrected chi connectivity index (χ2v) is 4.69. The van der Waals surface area contributed by atoms with Crippen molar-refractivity contribution >= 4 is 11.8 Å². The molecule has 0 aromatic carbocycles. The van der Waals surface area contributed by atoms with Crippen LogP contribution in [0.2, 0.25) is 0 Å². The van der Waals surface area contributed by atoms with E-state index in [1.165, 1.54) is 14.0 Å². The van der Waals surface area contributed by atoms with Crippen molar-refractivity contribution in [3.05, 3.63) is 12.1 Å². The fourth-order valence-electron chi connectivity index (χ4n) is 2.01. The molecule has 1 aliphatic rings. The first kappa shape index (κ1) is 15.0. The molecule has 1 N–H and O–H groups in total. The molecule has 8 heteroatoms. The van der Waals surface area contributed by atoms with Crippen LogP contribution < -0.4 is 14.8 Å². The summed E-state index contributed by atoms with van der Waals surface area (Å²) in [4.78, 5) is 24.3. The van der Waals surface area contributed by atoms with Gasteiger partial charge in [-0.1, -0.05) is 0 Å². The highest BCUT2D eigenvalue weighted by atomic mass is 16.5. The summed E-state index contributed by atoms with van der Waals surface area (Å²) in [5, 5.41) is 10.2. The summed E-state index contributed by atoms with van der Waals surface area (Å²) in [6, 6.07) is 3.34. The first-order valence-corrected chi connectivity index (χ1v) is 6.65. The van der Waals surface area contributed by atoms with Gasteiger partial charge in [0.15, 0.2) is 0 Å². The molecule has 0 bridgehead atoms. The number of likely N-dealkylation sites (tertiary alicyclic amines) is 1. The first-order chi connectivity index (χ1) is 10.1. The number of methoxy groups -OCH3 is 1. The second-order valence-electron chi connectivity index (χ2n) is 4.69. The van der Waals surface area contributed by atoms with Gasteiger partial charge in [-0.25, -0.2) is 0 Å². The van der Waals surface area contributed by atoms with Crippen LogP contribution in [-0.4, -0.2) is 59.8 Å². The molecule has 21 heavy (non-hydrogen) atoms. The molecule has 2 amide bonds. The van der Waals surface area contributed by atoms with Gasteiger partial charge in [0.25, 0.3) is 0 Å². The predicted molar refractivity (Wildman–Crippen MR) is 72.9 cm³/mol. The van der Waals surface area contributed by atoms with E-state index in [0.29, 0.717) is 24.8 Å². The Morgan fingerprint density at radius 2 is 2.10 bits per heavy atom. The smallest absolute Gasteiger partial charge is 0.242 e. The fourth-order valence-corrected chi connectivity index (χ4v) is 2.01. The minimum atomic E-state index is -0.219. The van der Waals surface area contributed by atoms with Gasteiger partial charge in [-0.15, -0.1) is 10.2 Å². The molecule has 2 heterocycles. The van der Waals surface area contributed by atoms with Crippen molar-refractivity contribution < 1.29 is 19.1 Å². The first-order valence-electron chi connectivity index (χ1n) is 6.65. The molecule has 1 atom stereocenters. The summed E-state index contributed by atoms with van der Waals surface area (Å²) in [5.41, 5.74) is 0. The van der Waals surface area contributed by atoms with Gasteiger partial charge in [0.2, 0.25) is 23.6 Å². The number of nitrogens with one attached hydrogen (secondary N) is 1. The summed E-state index contributed by atoms with van der Waals surface area (Å²) in [5.74, 6) is 0.485. The van der Waals surface area contributed by atoms with Crippen LogP contribution in [0.15, 0.2) is 12.1 Å². The number of amides is 2. The van der Waals surface area contributed by atoms with Crippen LogP contribution in [0.25, 0.3) is 0 Å². The van der Waals surface area contributed by atoms with Gasteiger partial charge in [-0.2, -0.15) is 0 Å². The van der Waals surface area contributed by atoms with E-state index in [1.54, 1.807) is 17.0 Å². The fraction of sp³-hybridized carbons (Fsp3) is 0.538. The number of rotatable bonds is 5. The zero-order chi connectivity index (χ0) is 15.2. The minimum absolute atomic E-state index is 0.0182. The van der Waals surface area contributed by atoms with Gasteiger partial charge in [-0.3, -0.25) is 9.59 Å². The Bertz CT molecular complexity index is 505. The van der Waals surface area contributed by atoms with Crippen LogP contribution in [0, 0.1) is 0 Å². The summed E-state index contributed by atoms with van der Waals surface area (Å²) in [6.45, 7) is 2.48. The molecule has 0 spiro atoms. The predicted octanol–water partition coefficient (Wildman–Crippen LogP) is -0.399. The van der Waals surface area contributed by atoms with Crippen LogP contribution in [0.4, 0.5) is 0 Å². The zero-order valence-electron chi connectivity index (χ0n) is 12.0. The maximum absolute atomic E-state index is 11.8. The highest BCUT2D eigenvalue weighted by Gasteiger charge is 2.27. The van der Waals surface area contributed by atoms with Crippen LogP contribution in [0.1, 0.15) is 13.3 Å². The summed E-state index contributed by atoms with van der Waals surface area (Å²) in [7, 11) is 1.51. The van der Waals surface area contributed by atoms with Gasteiger partial charge in [0.05, 0.1) is 20.2 Å². The molecule has 2 rings (SSSR count). The van der Waals surface area contributed by atoms with E-state index in [1.807, 2.05) is 0 Å². The average Bonchev–Trinajstić information content (AvgIpc) is 2.94. The Morgan fingerprint density at radius 1 is 1.38 bits per heavy atom. The van der Waals surface area contributed by atoms with Crippen molar-refractivity contribution in [2.45, 2.75) is 19.4 Å². The Kier molecular flexibility index (Phi) is 4.91. The highest BCUT2D eigenvalue weighted by molar-refractivity contribution is 5.83. The molecule has 0 aliphatic carbocycles. The summed E-state index contributed by atoms with van der Waals surface area (Å²) < 4.78 is 10.6. The topological polar surface area (TPSA) is 93.7 Å². The van der Waals surface area contributed by atoms with Gasteiger partial charge in [-0.05, 0) is 0 Å². The maximum Gasteiger partial charge on any atom is 0.242 e. The van der Waals surface area contributed by atoms with Crippen LogP contribution in [0.3, 0.4) is 0 Å². The van der Waals surface area contributed by atoms with E-state index >= 15 is 0 Å². The largest absolute Gasteiger partial charge is 0.480 e. The van der Waals surface area contributed by atoms with E-state index in [2.05, 4.69) is 15.5 Å². The third-order valence-electron chi connectivity index (χ3n) is 3.10. The molecule has 1 aliphatic heterocycles. The molecular formula is C13H18N4O4. The second kappa shape index (κ2) is 6.87. The van der Waals surface area contributed by atoms with Crippen molar-refractivity contribution in [3.63, 3.8) is 0 Å². The van der Waals surface area contributed by atoms with Crippen molar-refractivity contribution in [2.24, 2.45) is 0 Å². The summed E-state index contributed by atoms with van der Waals surface area (Å²) in [6.07, 6.45) is 0.605. The lowest BCUT2D eigenvalue weighted by atomic mass is 10.3. The number of carbonyl (C=O) groups excluding carboxylic acids is 2. The van der Waals surface area contributed by atoms with Crippen molar-refractivity contribution in [1.82, 2.24) is 20.4 Å². The molecule has 0 unspecified atom stereocenters. The molecule has 1 aromatic rings. The lowest BCUT2D eigenvalue weighted by Crippen LogP contribution is -2.39. The molecule has 0 saturated carbocycles. The third-order valence-corrected chi connectivity index (χ3v) is 3.10. The molecule has 1 fully saturated rings. The van der Waals surface area contributed by atoms with Gasteiger partial charge < -0.3 is 19.7 Å².